The van der Waals surface area contributed by atoms with Gasteiger partial charge < -0.3 is 5.32 Å². The highest BCUT2D eigenvalue weighted by Crippen LogP contribution is 2.18. The van der Waals surface area contributed by atoms with Crippen molar-refractivity contribution in [2.45, 2.75) is 33.2 Å². The third-order valence-corrected chi connectivity index (χ3v) is 4.27. The highest BCUT2D eigenvalue weighted by molar-refractivity contribution is 9.10. The van der Waals surface area contributed by atoms with Crippen molar-refractivity contribution in [3.63, 3.8) is 0 Å². The van der Waals surface area contributed by atoms with Crippen LogP contribution in [0, 0.1) is 6.92 Å². The summed E-state index contributed by atoms with van der Waals surface area (Å²) in [6, 6.07) is 6.03. The standard InChI is InChI=1S/C14H20BrNOS/c1-4-18-8-7-11(3)16-14(17)12-9-10(2)5-6-13(12)15/h5-6,9,11H,4,7-8H2,1-3H3,(H,16,17). The molecule has 1 rings (SSSR count). The topological polar surface area (TPSA) is 29.1 Å². The molecule has 0 saturated heterocycles. The van der Waals surface area contributed by atoms with Crippen molar-refractivity contribution in [1.29, 1.82) is 0 Å². The zero-order valence-electron chi connectivity index (χ0n) is 11.1. The van der Waals surface area contributed by atoms with Crippen LogP contribution in [0.5, 0.6) is 0 Å². The maximum Gasteiger partial charge on any atom is 0.252 e. The summed E-state index contributed by atoms with van der Waals surface area (Å²) >= 11 is 5.32. The molecule has 0 saturated carbocycles. The number of halogens is 1. The van der Waals surface area contributed by atoms with Crippen LogP contribution < -0.4 is 5.32 Å². The molecule has 0 aliphatic heterocycles. The van der Waals surface area contributed by atoms with Gasteiger partial charge in [-0.3, -0.25) is 4.79 Å². The lowest BCUT2D eigenvalue weighted by molar-refractivity contribution is 0.0938. The van der Waals surface area contributed by atoms with Crippen LogP contribution in [-0.2, 0) is 0 Å². The Morgan fingerprint density at radius 3 is 2.89 bits per heavy atom. The van der Waals surface area contributed by atoms with Crippen molar-refractivity contribution >= 4 is 33.6 Å². The second kappa shape index (κ2) is 7.85. The van der Waals surface area contributed by atoms with Crippen LogP contribution in [0.25, 0.3) is 0 Å². The number of hydrogen-bond donors (Lipinski definition) is 1. The number of carbonyl (C=O) groups excluding carboxylic acids is 1. The van der Waals surface area contributed by atoms with Crippen LogP contribution in [0.15, 0.2) is 22.7 Å². The number of aryl methyl sites for hydroxylation is 1. The predicted molar refractivity (Wildman–Crippen MR) is 83.4 cm³/mol. The van der Waals surface area contributed by atoms with Gasteiger partial charge in [-0.1, -0.05) is 18.6 Å². The molecule has 18 heavy (non-hydrogen) atoms. The first-order valence-electron chi connectivity index (χ1n) is 6.19. The van der Waals surface area contributed by atoms with Crippen molar-refractivity contribution in [2.24, 2.45) is 0 Å². The molecule has 1 aromatic carbocycles. The summed E-state index contributed by atoms with van der Waals surface area (Å²) in [5.41, 5.74) is 1.81. The van der Waals surface area contributed by atoms with Crippen molar-refractivity contribution < 1.29 is 4.79 Å². The molecule has 0 bridgehead atoms. The molecule has 1 N–H and O–H groups in total. The lowest BCUT2D eigenvalue weighted by Crippen LogP contribution is -2.33. The Balaban J connectivity index is 2.56. The van der Waals surface area contributed by atoms with Gasteiger partial charge in [0.1, 0.15) is 0 Å². The molecule has 2 nitrogen and oxygen atoms in total. The summed E-state index contributed by atoms with van der Waals surface area (Å²) in [7, 11) is 0. The van der Waals surface area contributed by atoms with E-state index in [1.165, 1.54) is 0 Å². The Bertz CT molecular complexity index is 409. The fourth-order valence-corrected chi connectivity index (χ4v) is 2.83. The van der Waals surface area contributed by atoms with Gasteiger partial charge in [-0.25, -0.2) is 0 Å². The third kappa shape index (κ3) is 5.02. The van der Waals surface area contributed by atoms with Gasteiger partial charge in [-0.05, 0) is 59.8 Å². The van der Waals surface area contributed by atoms with Gasteiger partial charge in [0, 0.05) is 10.5 Å². The van der Waals surface area contributed by atoms with Gasteiger partial charge in [0.15, 0.2) is 0 Å². The molecule has 1 amide bonds. The third-order valence-electron chi connectivity index (χ3n) is 2.64. The molecule has 0 heterocycles. The monoisotopic (exact) mass is 329 g/mol. The van der Waals surface area contributed by atoms with Gasteiger partial charge in [-0.2, -0.15) is 11.8 Å². The van der Waals surface area contributed by atoms with Gasteiger partial charge in [0.2, 0.25) is 0 Å². The molecule has 100 valence electrons. The summed E-state index contributed by atoms with van der Waals surface area (Å²) < 4.78 is 0.848. The van der Waals surface area contributed by atoms with Crippen LogP contribution in [0.1, 0.15) is 36.2 Å². The van der Waals surface area contributed by atoms with Gasteiger partial charge >= 0.3 is 0 Å². The SMILES string of the molecule is CCSCCC(C)NC(=O)c1cc(C)ccc1Br. The van der Waals surface area contributed by atoms with Gasteiger partial charge in [0.25, 0.3) is 5.91 Å². The number of carbonyl (C=O) groups is 1. The lowest BCUT2D eigenvalue weighted by Gasteiger charge is -2.14. The van der Waals surface area contributed by atoms with Crippen molar-refractivity contribution in [1.82, 2.24) is 5.32 Å². The van der Waals surface area contributed by atoms with Crippen LogP contribution >= 0.6 is 27.7 Å². The number of rotatable bonds is 6. The number of nitrogens with one attached hydrogen (secondary N) is 1. The van der Waals surface area contributed by atoms with Gasteiger partial charge in [0.05, 0.1) is 5.56 Å². The summed E-state index contributed by atoms with van der Waals surface area (Å²) in [5.74, 6) is 2.22. The zero-order chi connectivity index (χ0) is 13.5. The lowest BCUT2D eigenvalue weighted by atomic mass is 10.1. The summed E-state index contributed by atoms with van der Waals surface area (Å²) in [4.78, 5) is 12.1. The second-order valence-electron chi connectivity index (χ2n) is 4.34. The molecule has 0 fully saturated rings. The van der Waals surface area contributed by atoms with Crippen molar-refractivity contribution in [3.05, 3.63) is 33.8 Å². The molecule has 1 aromatic rings. The highest BCUT2D eigenvalue weighted by Gasteiger charge is 2.12. The van der Waals surface area contributed by atoms with Crippen molar-refractivity contribution in [2.75, 3.05) is 11.5 Å². The fraction of sp³-hybridized carbons (Fsp3) is 0.500. The molecule has 4 heteroatoms. The summed E-state index contributed by atoms with van der Waals surface area (Å²) in [6.45, 7) is 6.19. The normalized spacial score (nSPS) is 12.2. The van der Waals surface area contributed by atoms with Crippen molar-refractivity contribution in [3.8, 4) is 0 Å². The van der Waals surface area contributed by atoms with E-state index < -0.39 is 0 Å². The first-order valence-corrected chi connectivity index (χ1v) is 8.14. The predicted octanol–water partition coefficient (Wildman–Crippen LogP) is 4.02. The number of benzene rings is 1. The quantitative estimate of drug-likeness (QED) is 0.798. The number of thioether (sulfide) groups is 1. The van der Waals surface area contributed by atoms with E-state index >= 15 is 0 Å². The maximum absolute atomic E-state index is 12.1. The summed E-state index contributed by atoms with van der Waals surface area (Å²) in [6.07, 6.45) is 1.01. The Kier molecular flexibility index (Phi) is 6.79. The molecule has 0 aromatic heterocycles. The smallest absolute Gasteiger partial charge is 0.252 e. The van der Waals surface area contributed by atoms with E-state index in [-0.39, 0.29) is 11.9 Å². The minimum Gasteiger partial charge on any atom is -0.350 e. The molecule has 1 atom stereocenters. The molecule has 0 spiro atoms. The first kappa shape index (κ1) is 15.6. The number of hydrogen-bond acceptors (Lipinski definition) is 2. The largest absolute Gasteiger partial charge is 0.350 e. The fourth-order valence-electron chi connectivity index (χ4n) is 1.59. The molecular weight excluding hydrogens is 310 g/mol. The Labute approximate surface area is 122 Å². The van der Waals surface area contributed by atoms with E-state index in [0.717, 1.165) is 28.0 Å². The minimum atomic E-state index is -0.000395. The molecule has 0 aliphatic rings. The maximum atomic E-state index is 12.1. The molecule has 0 radical (unpaired) electrons. The highest BCUT2D eigenvalue weighted by atomic mass is 79.9. The van der Waals surface area contributed by atoms with Gasteiger partial charge in [-0.15, -0.1) is 0 Å². The van der Waals surface area contributed by atoms with Crippen LogP contribution in [0.2, 0.25) is 0 Å². The molecule has 0 aliphatic carbocycles. The van der Waals surface area contributed by atoms with E-state index in [1.807, 2.05) is 36.9 Å². The minimum absolute atomic E-state index is 0.000395. The average molecular weight is 330 g/mol. The Morgan fingerprint density at radius 2 is 2.22 bits per heavy atom. The Hall–Kier alpha value is -0.480. The van der Waals surface area contributed by atoms with E-state index in [0.29, 0.717) is 5.56 Å². The van der Waals surface area contributed by atoms with E-state index in [1.54, 1.807) is 0 Å². The van der Waals surface area contributed by atoms with Crippen LogP contribution in [-0.4, -0.2) is 23.5 Å². The van der Waals surface area contributed by atoms with E-state index in [9.17, 15) is 4.79 Å². The first-order chi connectivity index (χ1) is 8.54. The molecular formula is C14H20BrNOS. The number of amides is 1. The van der Waals surface area contributed by atoms with E-state index in [4.69, 9.17) is 0 Å². The summed E-state index contributed by atoms with van der Waals surface area (Å²) in [5, 5.41) is 3.04. The zero-order valence-corrected chi connectivity index (χ0v) is 13.5. The van der Waals surface area contributed by atoms with Crippen LogP contribution in [0.3, 0.4) is 0 Å². The van der Waals surface area contributed by atoms with E-state index in [2.05, 4.69) is 35.1 Å². The molecule has 1 unspecified atom stereocenters. The second-order valence-corrected chi connectivity index (χ2v) is 6.59. The average Bonchev–Trinajstić information content (AvgIpc) is 2.32. The van der Waals surface area contributed by atoms with Crippen LogP contribution in [0.4, 0.5) is 0 Å². The Morgan fingerprint density at radius 1 is 1.50 bits per heavy atom.